The Kier molecular flexibility index (Phi) is 7.45. The van der Waals surface area contributed by atoms with Gasteiger partial charge >= 0.3 is 12.1 Å². The zero-order valence-electron chi connectivity index (χ0n) is 19.5. The van der Waals surface area contributed by atoms with E-state index >= 15 is 0 Å². The van der Waals surface area contributed by atoms with Gasteiger partial charge in [0, 0.05) is 18.4 Å². The monoisotopic (exact) mass is 493 g/mol. The average Bonchev–Trinajstić information content (AvgIpc) is 3.37. The highest BCUT2D eigenvalue weighted by Crippen LogP contribution is 2.44. The van der Waals surface area contributed by atoms with Crippen LogP contribution in [0.1, 0.15) is 59.3 Å². The van der Waals surface area contributed by atoms with Gasteiger partial charge in [-0.2, -0.15) is 4.37 Å². The highest BCUT2D eigenvalue weighted by Gasteiger charge is 2.29. The van der Waals surface area contributed by atoms with Crippen LogP contribution < -0.4 is 10.6 Å². The molecule has 182 valence electrons. The molecule has 0 radical (unpaired) electrons. The zero-order chi connectivity index (χ0) is 24.9. The van der Waals surface area contributed by atoms with Crippen LogP contribution in [0, 0.1) is 6.92 Å². The molecule has 1 unspecified atom stereocenters. The third-order valence-corrected chi connectivity index (χ3v) is 7.06. The number of rotatable bonds is 9. The third-order valence-electron chi connectivity index (χ3n) is 6.21. The van der Waals surface area contributed by atoms with Crippen molar-refractivity contribution < 1.29 is 24.2 Å². The number of nitrogens with zero attached hydrogens (tertiary/aromatic N) is 1. The number of hydrogen-bond acceptors (Lipinski definition) is 6. The van der Waals surface area contributed by atoms with Gasteiger partial charge in [0.15, 0.2) is 0 Å². The molecule has 3 aromatic rings. The van der Waals surface area contributed by atoms with Crippen molar-refractivity contribution in [2.45, 2.75) is 45.1 Å². The standard InChI is InChI=1S/C26H27N3O5S/c1-3-16(12-13-22(30)28-24-23(25(31)32)15(2)29-35-24)27-26(33)34-14-21-19-10-6-4-8-17(19)18-9-5-7-11-20(18)21/h4-11,16,21H,3,12-14H2,1-2H3,(H,27,33)(H,28,30)(H,31,32). The van der Waals surface area contributed by atoms with Gasteiger partial charge in [0.25, 0.3) is 0 Å². The van der Waals surface area contributed by atoms with E-state index in [-0.39, 0.29) is 41.5 Å². The molecule has 1 atom stereocenters. The lowest BCUT2D eigenvalue weighted by molar-refractivity contribution is -0.116. The number of fused-ring (bicyclic) bond motifs is 3. The van der Waals surface area contributed by atoms with E-state index in [1.807, 2.05) is 31.2 Å². The Morgan fingerprint density at radius 3 is 2.31 bits per heavy atom. The molecular weight excluding hydrogens is 466 g/mol. The number of nitrogens with one attached hydrogen (secondary N) is 2. The zero-order valence-corrected chi connectivity index (χ0v) is 20.4. The van der Waals surface area contributed by atoms with Gasteiger partial charge in [-0.05, 0) is 53.6 Å². The molecule has 0 bridgehead atoms. The highest BCUT2D eigenvalue weighted by atomic mass is 32.1. The second-order valence-corrected chi connectivity index (χ2v) is 9.21. The van der Waals surface area contributed by atoms with Crippen molar-refractivity contribution in [3.63, 3.8) is 0 Å². The quantitative estimate of drug-likeness (QED) is 0.378. The highest BCUT2D eigenvalue weighted by molar-refractivity contribution is 7.11. The first-order valence-corrected chi connectivity index (χ1v) is 12.3. The van der Waals surface area contributed by atoms with E-state index in [1.54, 1.807) is 6.92 Å². The van der Waals surface area contributed by atoms with Crippen LogP contribution in [-0.4, -0.2) is 40.1 Å². The SMILES string of the molecule is CCC(CCC(=O)Nc1snc(C)c1C(=O)O)NC(=O)OCC1c2ccccc2-c2ccccc21. The number of aryl methyl sites for hydroxylation is 1. The molecule has 35 heavy (non-hydrogen) atoms. The number of aromatic nitrogens is 1. The second kappa shape index (κ2) is 10.7. The molecule has 4 rings (SSSR count). The van der Waals surface area contributed by atoms with Gasteiger partial charge < -0.3 is 20.5 Å². The lowest BCUT2D eigenvalue weighted by Crippen LogP contribution is -2.36. The number of anilines is 1. The summed E-state index contributed by atoms with van der Waals surface area (Å²) in [5.41, 5.74) is 4.98. The van der Waals surface area contributed by atoms with Gasteiger partial charge in [0.1, 0.15) is 17.2 Å². The maximum absolute atomic E-state index is 12.5. The summed E-state index contributed by atoms with van der Waals surface area (Å²) in [6.45, 7) is 3.72. The fourth-order valence-electron chi connectivity index (χ4n) is 4.39. The molecule has 0 aliphatic heterocycles. The Hall–Kier alpha value is -3.72. The van der Waals surface area contributed by atoms with Crippen molar-refractivity contribution in [1.82, 2.24) is 9.69 Å². The number of amides is 2. The van der Waals surface area contributed by atoms with Gasteiger partial charge in [-0.1, -0.05) is 55.5 Å². The van der Waals surface area contributed by atoms with Crippen molar-refractivity contribution in [3.8, 4) is 11.1 Å². The van der Waals surface area contributed by atoms with Crippen molar-refractivity contribution in [1.29, 1.82) is 0 Å². The van der Waals surface area contributed by atoms with Crippen molar-refractivity contribution in [2.24, 2.45) is 0 Å². The van der Waals surface area contributed by atoms with Crippen LogP contribution in [0.3, 0.4) is 0 Å². The lowest BCUT2D eigenvalue weighted by Gasteiger charge is -2.19. The van der Waals surface area contributed by atoms with E-state index in [0.717, 1.165) is 33.8 Å². The normalized spacial score (nSPS) is 13.0. The molecule has 0 saturated carbocycles. The molecule has 1 aromatic heterocycles. The predicted molar refractivity (Wildman–Crippen MR) is 134 cm³/mol. The summed E-state index contributed by atoms with van der Waals surface area (Å²) in [7, 11) is 0. The van der Waals surface area contributed by atoms with Crippen molar-refractivity contribution >= 4 is 34.5 Å². The Morgan fingerprint density at radius 1 is 1.09 bits per heavy atom. The first-order chi connectivity index (χ1) is 16.9. The van der Waals surface area contributed by atoms with Crippen LogP contribution in [-0.2, 0) is 9.53 Å². The summed E-state index contributed by atoms with van der Waals surface area (Å²) in [6, 6.07) is 16.0. The van der Waals surface area contributed by atoms with E-state index in [1.165, 1.54) is 0 Å². The molecule has 2 amide bonds. The minimum atomic E-state index is -1.13. The summed E-state index contributed by atoms with van der Waals surface area (Å²) >= 11 is 0.940. The maximum Gasteiger partial charge on any atom is 0.407 e. The minimum absolute atomic E-state index is 0.00662. The number of carboxylic acid groups (broad SMARTS) is 1. The fraction of sp³-hybridized carbons (Fsp3) is 0.308. The largest absolute Gasteiger partial charge is 0.478 e. The van der Waals surface area contributed by atoms with Gasteiger partial charge in [0.05, 0.1) is 5.69 Å². The summed E-state index contributed by atoms with van der Waals surface area (Å²) in [5, 5.41) is 15.0. The van der Waals surface area contributed by atoms with Gasteiger partial charge in [-0.15, -0.1) is 0 Å². The number of alkyl carbamates (subject to hydrolysis) is 1. The maximum atomic E-state index is 12.5. The molecule has 0 saturated heterocycles. The fourth-order valence-corrected chi connectivity index (χ4v) is 5.19. The van der Waals surface area contributed by atoms with Crippen LogP contribution in [0.25, 0.3) is 11.1 Å². The molecular formula is C26H27N3O5S. The van der Waals surface area contributed by atoms with Gasteiger partial charge in [-0.25, -0.2) is 9.59 Å². The van der Waals surface area contributed by atoms with E-state index in [4.69, 9.17) is 4.74 Å². The molecule has 1 aliphatic carbocycles. The Morgan fingerprint density at radius 2 is 1.71 bits per heavy atom. The van der Waals surface area contributed by atoms with Crippen LogP contribution in [0.15, 0.2) is 48.5 Å². The summed E-state index contributed by atoms with van der Waals surface area (Å²) in [5.74, 6) is -1.48. The van der Waals surface area contributed by atoms with Gasteiger partial charge in [0.2, 0.25) is 5.91 Å². The third kappa shape index (κ3) is 5.35. The molecule has 0 spiro atoms. The molecule has 9 heteroatoms. The molecule has 1 heterocycles. The molecule has 1 aliphatic rings. The van der Waals surface area contributed by atoms with E-state index < -0.39 is 12.1 Å². The Labute approximate surface area is 207 Å². The number of hydrogen-bond donors (Lipinski definition) is 3. The molecule has 8 nitrogen and oxygen atoms in total. The lowest BCUT2D eigenvalue weighted by atomic mass is 9.98. The number of ether oxygens (including phenoxy) is 1. The first-order valence-electron chi connectivity index (χ1n) is 11.5. The number of aromatic carboxylic acids is 1. The van der Waals surface area contributed by atoms with Crippen LogP contribution in [0.4, 0.5) is 9.80 Å². The molecule has 2 aromatic carbocycles. The van der Waals surface area contributed by atoms with Crippen molar-refractivity contribution in [2.75, 3.05) is 11.9 Å². The minimum Gasteiger partial charge on any atom is -0.478 e. The number of carbonyl (C=O) groups is 3. The van der Waals surface area contributed by atoms with Crippen LogP contribution in [0.5, 0.6) is 0 Å². The van der Waals surface area contributed by atoms with E-state index in [9.17, 15) is 19.5 Å². The van der Waals surface area contributed by atoms with E-state index in [0.29, 0.717) is 18.5 Å². The number of carboxylic acids is 1. The predicted octanol–water partition coefficient (Wildman–Crippen LogP) is 5.19. The second-order valence-electron chi connectivity index (χ2n) is 8.44. The average molecular weight is 494 g/mol. The van der Waals surface area contributed by atoms with E-state index in [2.05, 4.69) is 39.3 Å². The molecule has 3 N–H and O–H groups in total. The number of benzene rings is 2. The Bertz CT molecular complexity index is 1210. The number of carbonyl (C=O) groups excluding carboxylic acids is 2. The van der Waals surface area contributed by atoms with Gasteiger partial charge in [-0.3, -0.25) is 4.79 Å². The summed E-state index contributed by atoms with van der Waals surface area (Å²) in [6.07, 6.45) is 0.618. The summed E-state index contributed by atoms with van der Waals surface area (Å²) in [4.78, 5) is 36.3. The smallest absolute Gasteiger partial charge is 0.407 e. The topological polar surface area (TPSA) is 118 Å². The van der Waals surface area contributed by atoms with Crippen LogP contribution in [0.2, 0.25) is 0 Å². The van der Waals surface area contributed by atoms with Crippen molar-refractivity contribution in [3.05, 3.63) is 70.9 Å². The summed E-state index contributed by atoms with van der Waals surface area (Å²) < 4.78 is 9.59. The van der Waals surface area contributed by atoms with Crippen LogP contribution >= 0.6 is 11.5 Å². The first kappa shape index (κ1) is 24.4. The Balaban J connectivity index is 1.29. The molecule has 0 fully saturated rings.